The first-order chi connectivity index (χ1) is 10.6. The van der Waals surface area contributed by atoms with Gasteiger partial charge in [0.1, 0.15) is 6.10 Å². The highest BCUT2D eigenvalue weighted by atomic mass is 16.5. The summed E-state index contributed by atoms with van der Waals surface area (Å²) in [6.45, 7) is 4.28. The van der Waals surface area contributed by atoms with Gasteiger partial charge < -0.3 is 9.84 Å². The van der Waals surface area contributed by atoms with Gasteiger partial charge in [0.05, 0.1) is 6.42 Å². The van der Waals surface area contributed by atoms with Crippen LogP contribution in [0.25, 0.3) is 0 Å². The van der Waals surface area contributed by atoms with Crippen LogP contribution in [0.3, 0.4) is 0 Å². The Morgan fingerprint density at radius 1 is 0.864 bits per heavy atom. The van der Waals surface area contributed by atoms with Crippen LogP contribution in [0.1, 0.15) is 97.3 Å². The lowest BCUT2D eigenvalue weighted by molar-refractivity contribution is -0.153. The number of hydrogen-bond donors (Lipinski definition) is 1. The van der Waals surface area contributed by atoms with Crippen LogP contribution in [0.5, 0.6) is 0 Å². The first kappa shape index (κ1) is 20.9. The van der Waals surface area contributed by atoms with Crippen LogP contribution in [-0.2, 0) is 14.3 Å². The van der Waals surface area contributed by atoms with E-state index < -0.39 is 12.1 Å². The van der Waals surface area contributed by atoms with Gasteiger partial charge in [0.2, 0.25) is 0 Å². The number of hydrogen-bond acceptors (Lipinski definition) is 3. The van der Waals surface area contributed by atoms with Gasteiger partial charge >= 0.3 is 11.9 Å². The molecule has 22 heavy (non-hydrogen) atoms. The maximum atomic E-state index is 11.7. The second kappa shape index (κ2) is 14.9. The third-order valence-corrected chi connectivity index (χ3v) is 3.81. The van der Waals surface area contributed by atoms with Crippen LogP contribution in [0.4, 0.5) is 0 Å². The highest BCUT2D eigenvalue weighted by Crippen LogP contribution is 2.14. The van der Waals surface area contributed by atoms with Crippen molar-refractivity contribution in [3.05, 3.63) is 0 Å². The molecule has 0 aliphatic carbocycles. The fourth-order valence-corrected chi connectivity index (χ4v) is 2.49. The number of rotatable bonds is 15. The van der Waals surface area contributed by atoms with Gasteiger partial charge in [-0.1, -0.05) is 65.2 Å². The van der Waals surface area contributed by atoms with E-state index in [1.807, 2.05) is 0 Å². The van der Waals surface area contributed by atoms with E-state index in [0.717, 1.165) is 32.1 Å². The summed E-state index contributed by atoms with van der Waals surface area (Å²) in [6, 6.07) is 0. The Balaban J connectivity index is 3.87. The van der Waals surface area contributed by atoms with Crippen LogP contribution >= 0.6 is 0 Å². The molecule has 0 aliphatic heterocycles. The molecule has 1 atom stereocenters. The van der Waals surface area contributed by atoms with Gasteiger partial charge in [0.15, 0.2) is 0 Å². The molecular formula is C18H34O4. The van der Waals surface area contributed by atoms with Crippen molar-refractivity contribution in [2.75, 3.05) is 0 Å². The molecule has 0 spiro atoms. The predicted molar refractivity (Wildman–Crippen MR) is 88.9 cm³/mol. The Bertz CT molecular complexity index is 289. The van der Waals surface area contributed by atoms with Crippen LogP contribution in [0, 0.1) is 0 Å². The van der Waals surface area contributed by atoms with E-state index >= 15 is 0 Å². The van der Waals surface area contributed by atoms with Crippen LogP contribution in [0.15, 0.2) is 0 Å². The van der Waals surface area contributed by atoms with Crippen LogP contribution < -0.4 is 0 Å². The number of unbranched alkanes of at least 4 members (excludes halogenated alkanes) is 8. The largest absolute Gasteiger partial charge is 0.481 e. The number of aliphatic carboxylic acids is 1. The Kier molecular flexibility index (Phi) is 14.1. The van der Waals surface area contributed by atoms with Crippen molar-refractivity contribution in [1.82, 2.24) is 0 Å². The fraction of sp³-hybridized carbons (Fsp3) is 0.889. The average molecular weight is 314 g/mol. The molecule has 1 N–H and O–H groups in total. The number of carbonyl (C=O) groups is 2. The lowest BCUT2D eigenvalue weighted by Crippen LogP contribution is -2.21. The zero-order valence-corrected chi connectivity index (χ0v) is 14.4. The van der Waals surface area contributed by atoms with Gasteiger partial charge in [-0.3, -0.25) is 9.59 Å². The highest BCUT2D eigenvalue weighted by Gasteiger charge is 2.17. The lowest BCUT2D eigenvalue weighted by Gasteiger charge is -2.16. The minimum Gasteiger partial charge on any atom is -0.481 e. The Morgan fingerprint density at radius 3 is 2.00 bits per heavy atom. The monoisotopic (exact) mass is 314 g/mol. The van der Waals surface area contributed by atoms with Gasteiger partial charge in [0, 0.05) is 6.42 Å². The second-order valence-electron chi connectivity index (χ2n) is 6.08. The lowest BCUT2D eigenvalue weighted by atomic mass is 10.0. The quantitative estimate of drug-likeness (QED) is 0.337. The van der Waals surface area contributed by atoms with E-state index in [1.165, 1.54) is 32.1 Å². The zero-order valence-electron chi connectivity index (χ0n) is 14.4. The number of carboxylic acid groups (broad SMARTS) is 1. The number of carbonyl (C=O) groups excluding carboxylic acids is 1. The highest BCUT2D eigenvalue weighted by molar-refractivity contribution is 5.71. The molecule has 4 nitrogen and oxygen atoms in total. The van der Waals surface area contributed by atoms with E-state index in [4.69, 9.17) is 9.84 Å². The Labute approximate surface area is 135 Å². The van der Waals surface area contributed by atoms with E-state index in [-0.39, 0.29) is 12.4 Å². The van der Waals surface area contributed by atoms with Gasteiger partial charge in [0.25, 0.3) is 0 Å². The number of carboxylic acids is 1. The maximum absolute atomic E-state index is 11.7. The topological polar surface area (TPSA) is 63.6 Å². The third kappa shape index (κ3) is 13.9. The van der Waals surface area contributed by atoms with Crippen molar-refractivity contribution < 1.29 is 19.4 Å². The Morgan fingerprint density at radius 2 is 1.41 bits per heavy atom. The molecule has 0 radical (unpaired) electrons. The molecule has 0 aliphatic rings. The second-order valence-corrected chi connectivity index (χ2v) is 6.08. The fourth-order valence-electron chi connectivity index (χ4n) is 2.49. The van der Waals surface area contributed by atoms with Gasteiger partial charge in [-0.05, 0) is 19.3 Å². The minimum atomic E-state index is -0.894. The van der Waals surface area contributed by atoms with E-state index in [0.29, 0.717) is 12.8 Å². The third-order valence-electron chi connectivity index (χ3n) is 3.81. The van der Waals surface area contributed by atoms with Crippen molar-refractivity contribution >= 4 is 11.9 Å². The molecule has 0 aromatic rings. The van der Waals surface area contributed by atoms with Gasteiger partial charge in [-0.25, -0.2) is 0 Å². The van der Waals surface area contributed by atoms with Crippen molar-refractivity contribution in [3.8, 4) is 0 Å². The van der Waals surface area contributed by atoms with Crippen molar-refractivity contribution in [2.45, 2.75) is 103 Å². The zero-order chi connectivity index (χ0) is 16.6. The molecule has 4 heteroatoms. The first-order valence-electron chi connectivity index (χ1n) is 9.01. The van der Waals surface area contributed by atoms with Gasteiger partial charge in [-0.2, -0.15) is 0 Å². The number of ether oxygens (including phenoxy) is 1. The molecule has 0 amide bonds. The van der Waals surface area contributed by atoms with Gasteiger partial charge in [-0.15, -0.1) is 0 Å². The summed E-state index contributed by atoms with van der Waals surface area (Å²) in [5.41, 5.74) is 0. The van der Waals surface area contributed by atoms with Crippen molar-refractivity contribution in [1.29, 1.82) is 0 Å². The summed E-state index contributed by atoms with van der Waals surface area (Å²) >= 11 is 0. The smallest absolute Gasteiger partial charge is 0.307 e. The first-order valence-corrected chi connectivity index (χ1v) is 9.01. The molecule has 0 saturated heterocycles. The van der Waals surface area contributed by atoms with E-state index in [2.05, 4.69) is 13.8 Å². The minimum absolute atomic E-state index is 0.0741. The summed E-state index contributed by atoms with van der Waals surface area (Å²) in [4.78, 5) is 22.6. The maximum Gasteiger partial charge on any atom is 0.307 e. The molecule has 0 saturated carbocycles. The standard InChI is InChI=1S/C18H34O4/c1-3-5-7-8-9-10-12-13-16(15-17(19)20)22-18(21)14-11-6-4-2/h16H,3-15H2,1-2H3,(H,19,20). The molecule has 0 aromatic heterocycles. The summed E-state index contributed by atoms with van der Waals surface area (Å²) in [7, 11) is 0. The summed E-state index contributed by atoms with van der Waals surface area (Å²) in [5, 5.41) is 8.92. The number of esters is 1. The summed E-state index contributed by atoms with van der Waals surface area (Å²) in [6.07, 6.45) is 11.7. The summed E-state index contributed by atoms with van der Waals surface area (Å²) < 4.78 is 5.33. The van der Waals surface area contributed by atoms with Crippen LogP contribution in [-0.4, -0.2) is 23.1 Å². The molecule has 1 unspecified atom stereocenters. The summed E-state index contributed by atoms with van der Waals surface area (Å²) in [5.74, 6) is -1.14. The van der Waals surface area contributed by atoms with Crippen LogP contribution in [0.2, 0.25) is 0 Å². The van der Waals surface area contributed by atoms with E-state index in [9.17, 15) is 9.59 Å². The Hall–Kier alpha value is -1.06. The molecular weight excluding hydrogens is 280 g/mol. The predicted octanol–water partition coefficient (Wildman–Crippen LogP) is 5.09. The molecule has 0 bridgehead atoms. The molecule has 130 valence electrons. The van der Waals surface area contributed by atoms with Crippen molar-refractivity contribution in [3.63, 3.8) is 0 Å². The SMILES string of the molecule is CCCCCCCCCC(CC(=O)O)OC(=O)CCCCC. The molecule has 0 heterocycles. The van der Waals surface area contributed by atoms with E-state index in [1.54, 1.807) is 0 Å². The van der Waals surface area contributed by atoms with Crippen molar-refractivity contribution in [2.24, 2.45) is 0 Å². The molecule has 0 rings (SSSR count). The normalized spacial score (nSPS) is 12.1. The average Bonchev–Trinajstić information content (AvgIpc) is 2.45. The molecule has 0 aromatic carbocycles. The molecule has 0 fully saturated rings.